The van der Waals surface area contributed by atoms with E-state index in [1.165, 1.54) is 20.1 Å². The Morgan fingerprint density at radius 3 is 2.62 bits per heavy atom. The summed E-state index contributed by atoms with van der Waals surface area (Å²) in [6.07, 6.45) is 1.47. The molecule has 0 aliphatic carbocycles. The fourth-order valence-electron chi connectivity index (χ4n) is 1.18. The van der Waals surface area contributed by atoms with Crippen LogP contribution in [0.15, 0.2) is 26.8 Å². The molecule has 0 saturated carbocycles. The molecule has 0 aliphatic rings. The zero-order valence-corrected chi connectivity index (χ0v) is 11.8. The molecule has 6 heteroatoms. The molecule has 1 aromatic rings. The second-order valence-electron chi connectivity index (χ2n) is 3.05. The number of ether oxygens (including phenoxy) is 1. The topological polar surface area (TPSA) is 52.4 Å². The van der Waals surface area contributed by atoms with Crippen molar-refractivity contribution in [2.45, 2.75) is 6.92 Å². The molecule has 1 aromatic carbocycles. The number of hydrogen-bond donors (Lipinski definition) is 0. The van der Waals surface area contributed by atoms with Crippen molar-refractivity contribution in [2.75, 3.05) is 7.11 Å². The van der Waals surface area contributed by atoms with Crippen molar-refractivity contribution < 1.29 is 9.66 Å². The summed E-state index contributed by atoms with van der Waals surface area (Å²) in [5, 5.41) is 10.5. The predicted molar refractivity (Wildman–Crippen MR) is 69.0 cm³/mol. The lowest BCUT2D eigenvalue weighted by atomic mass is 10.2. The summed E-state index contributed by atoms with van der Waals surface area (Å²) in [6, 6.07) is 3.58. The van der Waals surface area contributed by atoms with Crippen LogP contribution in [-0.2, 0) is 0 Å². The molecule has 4 nitrogen and oxygen atoms in total. The Morgan fingerprint density at radius 1 is 1.50 bits per heavy atom. The molecule has 0 amide bonds. The molecule has 16 heavy (non-hydrogen) atoms. The number of methoxy groups -OCH3 is 1. The van der Waals surface area contributed by atoms with Crippen LogP contribution in [0.4, 0.5) is 0 Å². The Bertz CT molecular complexity index is 458. The second kappa shape index (κ2) is 5.45. The molecule has 0 aliphatic heterocycles. The predicted octanol–water partition coefficient (Wildman–Crippen LogP) is 3.86. The molecular weight excluding hydrogens is 342 g/mol. The average Bonchev–Trinajstić information content (AvgIpc) is 2.16. The third-order valence-electron chi connectivity index (χ3n) is 1.89. The summed E-state index contributed by atoms with van der Waals surface area (Å²) in [6.45, 7) is 1.44. The van der Waals surface area contributed by atoms with Gasteiger partial charge in [0.2, 0.25) is 5.70 Å². The van der Waals surface area contributed by atoms with Gasteiger partial charge in [-0.15, -0.1) is 0 Å². The van der Waals surface area contributed by atoms with Crippen molar-refractivity contribution in [3.8, 4) is 5.75 Å². The summed E-state index contributed by atoms with van der Waals surface area (Å²) in [7, 11) is 1.52. The Labute approximate surface area is 110 Å². The van der Waals surface area contributed by atoms with Gasteiger partial charge >= 0.3 is 0 Å². The van der Waals surface area contributed by atoms with Gasteiger partial charge in [-0.25, -0.2) is 0 Å². The van der Waals surface area contributed by atoms with Crippen LogP contribution >= 0.6 is 31.9 Å². The van der Waals surface area contributed by atoms with E-state index in [9.17, 15) is 10.1 Å². The number of benzene rings is 1. The van der Waals surface area contributed by atoms with Gasteiger partial charge in [-0.05, 0) is 28.1 Å². The SMILES string of the molecule is COc1c(Br)cc(Br)cc1C=C(C)[N+](=O)[O-]. The Balaban J connectivity index is 3.32. The fourth-order valence-corrected chi connectivity index (χ4v) is 2.60. The maximum atomic E-state index is 10.5. The van der Waals surface area contributed by atoms with E-state index in [1.807, 2.05) is 6.07 Å². The summed E-state index contributed by atoms with van der Waals surface area (Å²) < 4.78 is 6.74. The zero-order chi connectivity index (χ0) is 12.3. The number of halogens is 2. The van der Waals surface area contributed by atoms with Gasteiger partial charge in [0, 0.05) is 23.0 Å². The first-order chi connectivity index (χ1) is 7.45. The van der Waals surface area contributed by atoms with Gasteiger partial charge in [0.25, 0.3) is 0 Å². The molecule has 0 spiro atoms. The van der Waals surface area contributed by atoms with Gasteiger partial charge in [-0.2, -0.15) is 0 Å². The van der Waals surface area contributed by atoms with Crippen LogP contribution in [-0.4, -0.2) is 12.0 Å². The summed E-state index contributed by atoms with van der Waals surface area (Å²) in [5.74, 6) is 0.574. The molecule has 0 heterocycles. The molecule has 0 unspecified atom stereocenters. The fraction of sp³-hybridized carbons (Fsp3) is 0.200. The van der Waals surface area contributed by atoms with E-state index in [2.05, 4.69) is 31.9 Å². The Kier molecular flexibility index (Phi) is 4.49. The Morgan fingerprint density at radius 2 is 2.12 bits per heavy atom. The van der Waals surface area contributed by atoms with Gasteiger partial charge in [-0.3, -0.25) is 10.1 Å². The lowest BCUT2D eigenvalue weighted by molar-refractivity contribution is -0.422. The van der Waals surface area contributed by atoms with Crippen LogP contribution < -0.4 is 4.74 Å². The van der Waals surface area contributed by atoms with E-state index in [0.717, 1.165) is 8.95 Å². The van der Waals surface area contributed by atoms with Crippen LogP contribution in [0.1, 0.15) is 12.5 Å². The molecule has 0 aromatic heterocycles. The summed E-state index contributed by atoms with van der Waals surface area (Å²) in [4.78, 5) is 10.1. The van der Waals surface area contributed by atoms with Gasteiger partial charge in [-0.1, -0.05) is 15.9 Å². The van der Waals surface area contributed by atoms with Crippen LogP contribution in [0.5, 0.6) is 5.75 Å². The number of nitrogens with zero attached hydrogens (tertiary/aromatic N) is 1. The van der Waals surface area contributed by atoms with E-state index < -0.39 is 4.92 Å². The van der Waals surface area contributed by atoms with Crippen molar-refractivity contribution in [1.82, 2.24) is 0 Å². The first kappa shape index (κ1) is 13.2. The van der Waals surface area contributed by atoms with Crippen molar-refractivity contribution in [3.05, 3.63) is 42.5 Å². The Hall–Kier alpha value is -0.880. The van der Waals surface area contributed by atoms with E-state index >= 15 is 0 Å². The van der Waals surface area contributed by atoms with Crippen molar-refractivity contribution >= 4 is 37.9 Å². The van der Waals surface area contributed by atoms with Gasteiger partial charge in [0.15, 0.2) is 0 Å². The summed E-state index contributed by atoms with van der Waals surface area (Å²) >= 11 is 6.65. The molecule has 1 rings (SSSR count). The van der Waals surface area contributed by atoms with Gasteiger partial charge in [0.1, 0.15) is 5.75 Å². The van der Waals surface area contributed by atoms with Crippen molar-refractivity contribution in [2.24, 2.45) is 0 Å². The highest BCUT2D eigenvalue weighted by Gasteiger charge is 2.10. The molecule has 0 saturated heterocycles. The minimum Gasteiger partial charge on any atom is -0.495 e. The lowest BCUT2D eigenvalue weighted by Gasteiger charge is -2.07. The quantitative estimate of drug-likeness (QED) is 0.614. The maximum absolute atomic E-state index is 10.5. The third-order valence-corrected chi connectivity index (χ3v) is 2.94. The minimum absolute atomic E-state index is 0.0586. The number of rotatable bonds is 3. The first-order valence-corrected chi connectivity index (χ1v) is 5.90. The normalized spacial score (nSPS) is 11.4. The van der Waals surface area contributed by atoms with Gasteiger partial charge < -0.3 is 4.74 Å². The average molecular weight is 351 g/mol. The zero-order valence-electron chi connectivity index (χ0n) is 8.66. The van der Waals surface area contributed by atoms with Crippen LogP contribution in [0, 0.1) is 10.1 Å². The number of allylic oxidation sites excluding steroid dienone is 1. The highest BCUT2D eigenvalue weighted by Crippen LogP contribution is 2.33. The number of nitro groups is 1. The lowest BCUT2D eigenvalue weighted by Crippen LogP contribution is -1.95. The standard InChI is InChI=1S/C10H9Br2NO3/c1-6(13(14)15)3-7-4-8(11)5-9(12)10(7)16-2/h3-5H,1-2H3. The van der Waals surface area contributed by atoms with Crippen LogP contribution in [0.25, 0.3) is 6.08 Å². The highest BCUT2D eigenvalue weighted by molar-refractivity contribution is 9.11. The molecule has 86 valence electrons. The highest BCUT2D eigenvalue weighted by atomic mass is 79.9. The molecule has 0 atom stereocenters. The molecular formula is C10H9Br2NO3. The van der Waals surface area contributed by atoms with Crippen molar-refractivity contribution in [3.63, 3.8) is 0 Å². The first-order valence-electron chi connectivity index (χ1n) is 4.31. The maximum Gasteiger partial charge on any atom is 0.243 e. The number of hydrogen-bond acceptors (Lipinski definition) is 3. The minimum atomic E-state index is -0.436. The third kappa shape index (κ3) is 3.05. The van der Waals surface area contributed by atoms with Gasteiger partial charge in [0.05, 0.1) is 16.5 Å². The second-order valence-corrected chi connectivity index (χ2v) is 4.82. The smallest absolute Gasteiger partial charge is 0.243 e. The van der Waals surface area contributed by atoms with E-state index in [0.29, 0.717) is 11.3 Å². The molecule has 0 N–H and O–H groups in total. The van der Waals surface area contributed by atoms with E-state index in [-0.39, 0.29) is 5.70 Å². The molecule has 0 bridgehead atoms. The summed E-state index contributed by atoms with van der Waals surface area (Å²) in [5.41, 5.74) is 0.709. The van der Waals surface area contributed by atoms with Crippen molar-refractivity contribution in [1.29, 1.82) is 0 Å². The van der Waals surface area contributed by atoms with E-state index in [4.69, 9.17) is 4.74 Å². The van der Waals surface area contributed by atoms with Crippen LogP contribution in [0.2, 0.25) is 0 Å². The monoisotopic (exact) mass is 349 g/mol. The molecule has 0 radical (unpaired) electrons. The molecule has 0 fully saturated rings. The largest absolute Gasteiger partial charge is 0.495 e. The van der Waals surface area contributed by atoms with E-state index in [1.54, 1.807) is 6.07 Å². The van der Waals surface area contributed by atoms with Crippen LogP contribution in [0.3, 0.4) is 0 Å².